The average Bonchev–Trinajstić information content (AvgIpc) is 2.99. The van der Waals surface area contributed by atoms with Crippen molar-refractivity contribution >= 4 is 62.2 Å². The van der Waals surface area contributed by atoms with Gasteiger partial charge in [-0.3, -0.25) is 4.79 Å². The van der Waals surface area contributed by atoms with Crippen LogP contribution < -0.4 is 10.1 Å². The van der Waals surface area contributed by atoms with Crippen LogP contribution >= 0.6 is 34.5 Å². The first-order valence-corrected chi connectivity index (χ1v) is 9.50. The van der Waals surface area contributed by atoms with E-state index in [1.807, 2.05) is 24.3 Å². The van der Waals surface area contributed by atoms with E-state index in [1.165, 1.54) is 25.4 Å². The molecule has 0 aliphatic carbocycles. The zero-order chi connectivity index (χ0) is 19.6. The Labute approximate surface area is 169 Å². The molecule has 1 N–H and O–H groups in total. The topological polar surface area (TPSA) is 64.6 Å². The molecule has 0 bridgehead atoms. The van der Waals surface area contributed by atoms with E-state index in [2.05, 4.69) is 5.32 Å². The fraction of sp³-hybridized carbons (Fsp3) is 0.158. The number of rotatable bonds is 5. The zero-order valence-electron chi connectivity index (χ0n) is 14.4. The molecule has 2 aromatic carbocycles. The maximum Gasteiger partial charge on any atom is 0.350 e. The molecule has 27 heavy (non-hydrogen) atoms. The van der Waals surface area contributed by atoms with E-state index in [0.29, 0.717) is 21.5 Å². The third-order valence-corrected chi connectivity index (χ3v) is 5.68. The molecule has 0 saturated heterocycles. The van der Waals surface area contributed by atoms with Crippen LogP contribution in [0.5, 0.6) is 5.75 Å². The van der Waals surface area contributed by atoms with E-state index in [4.69, 9.17) is 32.7 Å². The smallest absolute Gasteiger partial charge is 0.350 e. The number of carbonyl (C=O) groups excluding carboxylic acids is 2. The summed E-state index contributed by atoms with van der Waals surface area (Å²) in [5, 5.41) is 4.18. The number of fused-ring (bicyclic) bond motifs is 1. The van der Waals surface area contributed by atoms with Crippen LogP contribution in [0.25, 0.3) is 10.1 Å². The van der Waals surface area contributed by atoms with Crippen molar-refractivity contribution in [3.05, 3.63) is 57.4 Å². The van der Waals surface area contributed by atoms with Gasteiger partial charge in [0.2, 0.25) is 0 Å². The van der Waals surface area contributed by atoms with E-state index in [-0.39, 0.29) is 4.88 Å². The number of hydrogen-bond donors (Lipinski definition) is 1. The molecule has 0 radical (unpaired) electrons. The Balaban J connectivity index is 1.73. The van der Waals surface area contributed by atoms with Gasteiger partial charge >= 0.3 is 5.97 Å². The number of ether oxygens (including phenoxy) is 2. The molecular weight excluding hydrogens is 409 g/mol. The lowest BCUT2D eigenvalue weighted by atomic mass is 10.2. The largest absolute Gasteiger partial charge is 0.495 e. The minimum Gasteiger partial charge on any atom is -0.495 e. The van der Waals surface area contributed by atoms with Crippen molar-refractivity contribution in [1.29, 1.82) is 0 Å². The summed E-state index contributed by atoms with van der Waals surface area (Å²) in [6.45, 7) is 1.48. The van der Waals surface area contributed by atoms with E-state index in [9.17, 15) is 9.59 Å². The number of methoxy groups -OCH3 is 1. The first kappa shape index (κ1) is 19.5. The summed E-state index contributed by atoms with van der Waals surface area (Å²) in [7, 11) is 1.48. The summed E-state index contributed by atoms with van der Waals surface area (Å²) in [5.41, 5.74) is 0.387. The summed E-state index contributed by atoms with van der Waals surface area (Å²) < 4.78 is 11.3. The highest BCUT2D eigenvalue weighted by Crippen LogP contribution is 2.35. The second-order valence-electron chi connectivity index (χ2n) is 5.62. The van der Waals surface area contributed by atoms with Gasteiger partial charge in [-0.25, -0.2) is 4.79 Å². The van der Waals surface area contributed by atoms with Crippen LogP contribution in [0.2, 0.25) is 10.0 Å². The lowest BCUT2D eigenvalue weighted by Crippen LogP contribution is -2.30. The molecule has 0 aliphatic heterocycles. The van der Waals surface area contributed by atoms with Gasteiger partial charge in [-0.1, -0.05) is 41.4 Å². The summed E-state index contributed by atoms with van der Waals surface area (Å²) in [6.07, 6.45) is -1.04. The van der Waals surface area contributed by atoms with Gasteiger partial charge in [0, 0.05) is 15.1 Å². The first-order valence-electron chi connectivity index (χ1n) is 7.93. The van der Waals surface area contributed by atoms with Crippen LogP contribution in [0.1, 0.15) is 16.6 Å². The van der Waals surface area contributed by atoms with Gasteiger partial charge in [0.05, 0.1) is 17.8 Å². The van der Waals surface area contributed by atoms with Crippen LogP contribution in [-0.2, 0) is 9.53 Å². The molecule has 8 heteroatoms. The van der Waals surface area contributed by atoms with Gasteiger partial charge in [-0.2, -0.15) is 0 Å². The number of halogens is 2. The predicted molar refractivity (Wildman–Crippen MR) is 108 cm³/mol. The quantitative estimate of drug-likeness (QED) is 0.557. The standard InChI is InChI=1S/C19H15Cl2NO4S/c1-10(18(23)22-13-9-11(20)7-8-14(13)25-2)26-19(24)17-16(21)12-5-3-4-6-15(12)27-17/h3-10H,1-2H3,(H,22,23). The van der Waals surface area contributed by atoms with Crippen LogP contribution in [0, 0.1) is 0 Å². The maximum absolute atomic E-state index is 12.5. The third-order valence-electron chi connectivity index (χ3n) is 3.79. The van der Waals surface area contributed by atoms with Crippen molar-refractivity contribution in [3.63, 3.8) is 0 Å². The fourth-order valence-electron chi connectivity index (χ4n) is 2.43. The van der Waals surface area contributed by atoms with Crippen molar-refractivity contribution in [2.45, 2.75) is 13.0 Å². The van der Waals surface area contributed by atoms with E-state index < -0.39 is 18.0 Å². The normalized spacial score (nSPS) is 11.9. The van der Waals surface area contributed by atoms with E-state index in [1.54, 1.807) is 18.2 Å². The minimum atomic E-state index is -1.04. The molecule has 0 spiro atoms. The predicted octanol–water partition coefficient (Wildman–Crippen LogP) is 5.40. The van der Waals surface area contributed by atoms with Crippen molar-refractivity contribution in [2.24, 2.45) is 0 Å². The van der Waals surface area contributed by atoms with Crippen LogP contribution in [0.15, 0.2) is 42.5 Å². The van der Waals surface area contributed by atoms with Crippen molar-refractivity contribution < 1.29 is 19.1 Å². The summed E-state index contributed by atoms with van der Waals surface area (Å²) in [6, 6.07) is 12.2. The maximum atomic E-state index is 12.5. The number of carbonyl (C=O) groups is 2. The number of esters is 1. The summed E-state index contributed by atoms with van der Waals surface area (Å²) in [5.74, 6) is -0.720. The Kier molecular flexibility index (Phi) is 5.89. The Morgan fingerprint density at radius 1 is 1.15 bits per heavy atom. The molecule has 0 fully saturated rings. The van der Waals surface area contributed by atoms with Crippen LogP contribution in [0.3, 0.4) is 0 Å². The van der Waals surface area contributed by atoms with Crippen LogP contribution in [0.4, 0.5) is 5.69 Å². The second kappa shape index (κ2) is 8.17. The zero-order valence-corrected chi connectivity index (χ0v) is 16.7. The van der Waals surface area contributed by atoms with Gasteiger partial charge in [-0.15, -0.1) is 11.3 Å². The first-order chi connectivity index (χ1) is 12.9. The van der Waals surface area contributed by atoms with Crippen molar-refractivity contribution in [3.8, 4) is 5.75 Å². The Hall–Kier alpha value is -2.28. The molecule has 1 amide bonds. The SMILES string of the molecule is COc1ccc(Cl)cc1NC(=O)C(C)OC(=O)c1sc2ccccc2c1Cl. The highest BCUT2D eigenvalue weighted by Gasteiger charge is 2.24. The molecule has 0 aliphatic rings. The molecule has 0 saturated carbocycles. The minimum absolute atomic E-state index is 0.262. The van der Waals surface area contributed by atoms with Gasteiger partial charge in [0.15, 0.2) is 6.10 Å². The van der Waals surface area contributed by atoms with E-state index in [0.717, 1.165) is 10.1 Å². The molecular formula is C19H15Cl2NO4S. The summed E-state index contributed by atoms with van der Waals surface area (Å²) >= 11 is 13.5. The molecule has 140 valence electrons. The number of anilines is 1. The number of benzene rings is 2. The lowest BCUT2D eigenvalue weighted by molar-refractivity contribution is -0.123. The Bertz CT molecular complexity index is 1020. The molecule has 5 nitrogen and oxygen atoms in total. The van der Waals surface area contributed by atoms with Crippen LogP contribution in [-0.4, -0.2) is 25.1 Å². The van der Waals surface area contributed by atoms with Gasteiger partial charge in [0.1, 0.15) is 10.6 Å². The molecule has 1 aromatic heterocycles. The van der Waals surface area contributed by atoms with Gasteiger partial charge in [-0.05, 0) is 31.2 Å². The molecule has 3 aromatic rings. The van der Waals surface area contributed by atoms with Gasteiger partial charge < -0.3 is 14.8 Å². The molecule has 1 heterocycles. The highest BCUT2D eigenvalue weighted by atomic mass is 35.5. The molecule has 3 rings (SSSR count). The number of amides is 1. The number of hydrogen-bond acceptors (Lipinski definition) is 5. The average molecular weight is 424 g/mol. The van der Waals surface area contributed by atoms with Crippen molar-refractivity contribution in [2.75, 3.05) is 12.4 Å². The monoisotopic (exact) mass is 423 g/mol. The fourth-order valence-corrected chi connectivity index (χ4v) is 3.99. The van der Waals surface area contributed by atoms with Crippen molar-refractivity contribution in [1.82, 2.24) is 0 Å². The Morgan fingerprint density at radius 3 is 2.59 bits per heavy atom. The number of nitrogens with one attached hydrogen (secondary N) is 1. The Morgan fingerprint density at radius 2 is 1.89 bits per heavy atom. The summed E-state index contributed by atoms with van der Waals surface area (Å²) in [4.78, 5) is 25.1. The number of thiophene rings is 1. The molecule has 1 atom stereocenters. The third kappa shape index (κ3) is 4.18. The second-order valence-corrected chi connectivity index (χ2v) is 7.49. The molecule has 1 unspecified atom stereocenters. The lowest BCUT2D eigenvalue weighted by Gasteiger charge is -2.15. The van der Waals surface area contributed by atoms with Gasteiger partial charge in [0.25, 0.3) is 5.91 Å². The highest BCUT2D eigenvalue weighted by molar-refractivity contribution is 7.21. The van der Waals surface area contributed by atoms with E-state index >= 15 is 0 Å².